The van der Waals surface area contributed by atoms with E-state index >= 15 is 0 Å². The summed E-state index contributed by atoms with van der Waals surface area (Å²) >= 11 is 0. The number of ether oxygens (including phenoxy) is 3. The summed E-state index contributed by atoms with van der Waals surface area (Å²) in [7, 11) is 0. The van der Waals surface area contributed by atoms with Crippen molar-refractivity contribution in [2.24, 2.45) is 0 Å². The van der Waals surface area contributed by atoms with Crippen molar-refractivity contribution in [3.05, 3.63) is 119 Å². The van der Waals surface area contributed by atoms with Gasteiger partial charge in [-0.2, -0.15) is 0 Å². The minimum absolute atomic E-state index is 0.0121. The molecule has 0 amide bonds. The van der Waals surface area contributed by atoms with Gasteiger partial charge in [0.05, 0.1) is 11.5 Å². The number of aliphatic hydroxyl groups is 2. The van der Waals surface area contributed by atoms with E-state index in [1.807, 2.05) is 31.2 Å². The molecule has 0 heterocycles. The lowest BCUT2D eigenvalue weighted by Gasteiger charge is -2.34. The molecule has 2 unspecified atom stereocenters. The maximum absolute atomic E-state index is 10.4. The Kier molecular flexibility index (Phi) is 7.96. The Morgan fingerprint density at radius 1 is 0.667 bits per heavy atom. The third-order valence-corrected chi connectivity index (χ3v) is 7.24. The fourth-order valence-corrected chi connectivity index (χ4v) is 5.33. The molecule has 200 valence electrons. The third-order valence-electron chi connectivity index (χ3n) is 7.24. The minimum Gasteiger partial charge on any atom is -0.491 e. The largest absolute Gasteiger partial charge is 0.491 e. The van der Waals surface area contributed by atoms with Crippen molar-refractivity contribution in [2.45, 2.75) is 31.0 Å². The van der Waals surface area contributed by atoms with Crippen LogP contribution in [-0.2, 0) is 14.9 Å². The van der Waals surface area contributed by atoms with Crippen molar-refractivity contribution in [3.8, 4) is 22.6 Å². The van der Waals surface area contributed by atoms with Crippen molar-refractivity contribution < 1.29 is 29.2 Å². The molecule has 0 fully saturated rings. The highest BCUT2D eigenvalue weighted by molar-refractivity contribution is 5.86. The van der Waals surface area contributed by atoms with Crippen LogP contribution in [-0.4, -0.2) is 48.7 Å². The lowest BCUT2D eigenvalue weighted by Crippen LogP contribution is -2.28. The first kappa shape index (κ1) is 26.5. The summed E-state index contributed by atoms with van der Waals surface area (Å²) in [6.45, 7) is 2.39. The first-order valence-corrected chi connectivity index (χ1v) is 13.1. The van der Waals surface area contributed by atoms with E-state index in [0.29, 0.717) is 24.4 Å². The summed E-state index contributed by atoms with van der Waals surface area (Å²) in [5.41, 5.74) is 6.37. The maximum atomic E-state index is 10.4. The van der Waals surface area contributed by atoms with E-state index in [9.17, 15) is 15.0 Å². The molecule has 0 spiro atoms. The number of hydrogen-bond donors (Lipinski definition) is 2. The van der Waals surface area contributed by atoms with E-state index in [4.69, 9.17) is 9.47 Å². The molecule has 2 atom stereocenters. The van der Waals surface area contributed by atoms with Crippen molar-refractivity contribution in [1.82, 2.24) is 0 Å². The highest BCUT2D eigenvalue weighted by atomic mass is 16.5. The number of fused-ring (bicyclic) bond motifs is 3. The van der Waals surface area contributed by atoms with Crippen molar-refractivity contribution in [1.29, 1.82) is 0 Å². The second-order valence-corrected chi connectivity index (χ2v) is 9.66. The predicted octanol–water partition coefficient (Wildman–Crippen LogP) is 5.11. The van der Waals surface area contributed by atoms with Crippen LogP contribution in [0.25, 0.3) is 11.1 Å². The van der Waals surface area contributed by atoms with Gasteiger partial charge in [0, 0.05) is 0 Å². The fourth-order valence-electron chi connectivity index (χ4n) is 5.33. The molecule has 1 aliphatic rings. The molecule has 0 aromatic heterocycles. The summed E-state index contributed by atoms with van der Waals surface area (Å²) in [6, 6.07) is 33.0. The molecule has 0 bridgehead atoms. The molecule has 4 aromatic carbocycles. The molecule has 1 aliphatic carbocycles. The van der Waals surface area contributed by atoms with Crippen LogP contribution in [0, 0.1) is 0 Å². The maximum Gasteiger partial charge on any atom is 0.293 e. The first-order valence-electron chi connectivity index (χ1n) is 13.1. The summed E-state index contributed by atoms with van der Waals surface area (Å²) < 4.78 is 16.2. The summed E-state index contributed by atoms with van der Waals surface area (Å²) in [5.74, 6) is 1.32. The molecule has 5 rings (SSSR count). The van der Waals surface area contributed by atoms with Gasteiger partial charge in [0.2, 0.25) is 0 Å². The van der Waals surface area contributed by atoms with E-state index in [1.54, 1.807) is 0 Å². The van der Waals surface area contributed by atoms with Gasteiger partial charge >= 0.3 is 0 Å². The molecule has 0 saturated heterocycles. The molecule has 39 heavy (non-hydrogen) atoms. The zero-order valence-corrected chi connectivity index (χ0v) is 21.8. The van der Waals surface area contributed by atoms with Crippen LogP contribution in [0.15, 0.2) is 97.1 Å². The average Bonchev–Trinajstić information content (AvgIpc) is 3.29. The highest BCUT2D eigenvalue weighted by Crippen LogP contribution is 2.56. The first-order chi connectivity index (χ1) is 19.1. The van der Waals surface area contributed by atoms with Crippen LogP contribution in [0.2, 0.25) is 0 Å². The zero-order chi connectivity index (χ0) is 27.2. The SMILES string of the molecule is CCC(O)COc1ccc(C2(c3ccc(OCC(O)COC=O)cc3)c3ccccc3-c3ccccc32)cc1. The van der Waals surface area contributed by atoms with Gasteiger partial charge in [-0.1, -0.05) is 79.7 Å². The second kappa shape index (κ2) is 11.7. The van der Waals surface area contributed by atoms with Gasteiger partial charge in [-0.05, 0) is 64.1 Å². The lowest BCUT2D eigenvalue weighted by molar-refractivity contribution is -0.132. The van der Waals surface area contributed by atoms with Crippen molar-refractivity contribution in [3.63, 3.8) is 0 Å². The van der Waals surface area contributed by atoms with Gasteiger partial charge in [0.25, 0.3) is 6.47 Å². The standard InChI is InChI=1S/C33H32O6/c1-2-25(35)20-38-27-15-11-23(12-16-27)33(24-13-17-28(18-14-24)39-21-26(36)19-37-22-34)31-9-5-3-7-29(31)30-8-4-6-10-32(30)33/h3-18,22,25-26,35-36H,2,19-21H2,1H3. The van der Waals surface area contributed by atoms with E-state index in [0.717, 1.165) is 11.1 Å². The second-order valence-electron chi connectivity index (χ2n) is 9.66. The Bertz CT molecular complexity index is 1350. The highest BCUT2D eigenvalue weighted by Gasteiger charge is 2.45. The number of carbonyl (C=O) groups excluding carboxylic acids is 1. The Morgan fingerprint density at radius 2 is 1.13 bits per heavy atom. The predicted molar refractivity (Wildman–Crippen MR) is 149 cm³/mol. The average molecular weight is 525 g/mol. The van der Waals surface area contributed by atoms with Crippen LogP contribution in [0.4, 0.5) is 0 Å². The van der Waals surface area contributed by atoms with Crippen molar-refractivity contribution in [2.75, 3.05) is 19.8 Å². The molecule has 0 saturated carbocycles. The van der Waals surface area contributed by atoms with Gasteiger partial charge in [0.1, 0.15) is 37.4 Å². The number of rotatable bonds is 12. The van der Waals surface area contributed by atoms with E-state index in [1.165, 1.54) is 22.3 Å². The Morgan fingerprint density at radius 3 is 1.59 bits per heavy atom. The van der Waals surface area contributed by atoms with Gasteiger partial charge in [0.15, 0.2) is 0 Å². The van der Waals surface area contributed by atoms with Gasteiger partial charge in [-0.3, -0.25) is 4.79 Å². The summed E-state index contributed by atoms with van der Waals surface area (Å²) in [6.07, 6.45) is -0.766. The molecular weight excluding hydrogens is 492 g/mol. The number of aliphatic hydroxyl groups excluding tert-OH is 2. The Labute approximate surface area is 228 Å². The van der Waals surface area contributed by atoms with Crippen LogP contribution in [0.5, 0.6) is 11.5 Å². The monoisotopic (exact) mass is 524 g/mol. The minimum atomic E-state index is -0.908. The van der Waals surface area contributed by atoms with E-state index < -0.39 is 17.6 Å². The van der Waals surface area contributed by atoms with Crippen LogP contribution in [0.3, 0.4) is 0 Å². The van der Waals surface area contributed by atoms with Gasteiger partial charge in [-0.15, -0.1) is 0 Å². The Hall–Kier alpha value is -4.13. The molecule has 2 N–H and O–H groups in total. The summed E-state index contributed by atoms with van der Waals surface area (Å²) in [5, 5.41) is 19.9. The number of carbonyl (C=O) groups is 1. The fraction of sp³-hybridized carbons (Fsp3) is 0.242. The van der Waals surface area contributed by atoms with Crippen LogP contribution < -0.4 is 9.47 Å². The van der Waals surface area contributed by atoms with Crippen molar-refractivity contribution >= 4 is 6.47 Å². The zero-order valence-electron chi connectivity index (χ0n) is 21.8. The topological polar surface area (TPSA) is 85.2 Å². The third kappa shape index (κ3) is 5.13. The van der Waals surface area contributed by atoms with Crippen LogP contribution in [0.1, 0.15) is 35.6 Å². The van der Waals surface area contributed by atoms with Gasteiger partial charge < -0.3 is 24.4 Å². The normalized spacial score (nSPS) is 14.5. The molecule has 0 radical (unpaired) electrons. The number of benzene rings is 4. The van der Waals surface area contributed by atoms with E-state index in [2.05, 4.69) is 77.5 Å². The van der Waals surface area contributed by atoms with E-state index in [-0.39, 0.29) is 19.8 Å². The molecule has 4 aromatic rings. The lowest BCUT2D eigenvalue weighted by atomic mass is 9.68. The molecular formula is C33H32O6. The Balaban J connectivity index is 1.55. The molecule has 6 nitrogen and oxygen atoms in total. The molecule has 0 aliphatic heterocycles. The summed E-state index contributed by atoms with van der Waals surface area (Å²) in [4.78, 5) is 10.4. The quantitative estimate of drug-likeness (QED) is 0.221. The van der Waals surface area contributed by atoms with Gasteiger partial charge in [-0.25, -0.2) is 0 Å². The molecule has 6 heteroatoms. The number of hydrogen-bond acceptors (Lipinski definition) is 6. The smallest absolute Gasteiger partial charge is 0.293 e. The van der Waals surface area contributed by atoms with Crippen LogP contribution >= 0.6 is 0 Å².